The predicted molar refractivity (Wildman–Crippen MR) is 102 cm³/mol. The number of carbonyl (C=O) groups excluding carboxylic acids is 2. The number of rotatable bonds is 4. The third kappa shape index (κ3) is 4.11. The molecule has 1 N–H and O–H groups in total. The van der Waals surface area contributed by atoms with Gasteiger partial charge < -0.3 is 15.1 Å². The van der Waals surface area contributed by atoms with Crippen molar-refractivity contribution in [3.05, 3.63) is 18.5 Å². The maximum absolute atomic E-state index is 12.7. The molecule has 0 saturated carbocycles. The van der Waals surface area contributed by atoms with Crippen molar-refractivity contribution in [1.82, 2.24) is 20.2 Å². The minimum atomic E-state index is -3.05. The molecule has 0 unspecified atom stereocenters. The van der Waals surface area contributed by atoms with Crippen molar-refractivity contribution in [2.45, 2.75) is 37.8 Å². The fourth-order valence-corrected chi connectivity index (χ4v) is 6.01. The van der Waals surface area contributed by atoms with Gasteiger partial charge in [0.05, 0.1) is 17.4 Å². The van der Waals surface area contributed by atoms with Gasteiger partial charge in [-0.1, -0.05) is 0 Å². The maximum atomic E-state index is 12.7. The molecule has 0 bridgehead atoms. The van der Waals surface area contributed by atoms with Gasteiger partial charge in [-0.05, 0) is 25.3 Å². The molecule has 3 aliphatic heterocycles. The summed E-state index contributed by atoms with van der Waals surface area (Å²) in [4.78, 5) is 37.2. The molecule has 0 spiro atoms. The van der Waals surface area contributed by atoms with Crippen LogP contribution in [-0.2, 0) is 19.4 Å². The lowest BCUT2D eigenvalue weighted by Crippen LogP contribution is -2.47. The van der Waals surface area contributed by atoms with Gasteiger partial charge in [-0.15, -0.1) is 0 Å². The van der Waals surface area contributed by atoms with E-state index in [4.69, 9.17) is 0 Å². The Morgan fingerprint density at radius 1 is 1.14 bits per heavy atom. The van der Waals surface area contributed by atoms with Crippen LogP contribution in [0.4, 0.5) is 5.95 Å². The Hall–Kier alpha value is -2.23. The predicted octanol–water partition coefficient (Wildman–Crippen LogP) is -0.403. The maximum Gasteiger partial charge on any atom is 0.225 e. The number of nitrogens with one attached hydrogen (secondary N) is 1. The largest absolute Gasteiger partial charge is 0.353 e. The van der Waals surface area contributed by atoms with Gasteiger partial charge in [0, 0.05) is 50.5 Å². The number of carbonyl (C=O) groups is 2. The zero-order chi connectivity index (χ0) is 19.7. The Labute approximate surface area is 164 Å². The second-order valence-corrected chi connectivity index (χ2v) is 10.1. The lowest BCUT2D eigenvalue weighted by molar-refractivity contribution is -0.130. The van der Waals surface area contributed by atoms with Gasteiger partial charge in [0.25, 0.3) is 0 Å². The van der Waals surface area contributed by atoms with Crippen LogP contribution >= 0.6 is 0 Å². The minimum absolute atomic E-state index is 0.0209. The first-order chi connectivity index (χ1) is 13.4. The van der Waals surface area contributed by atoms with E-state index in [0.717, 1.165) is 25.9 Å². The van der Waals surface area contributed by atoms with Crippen LogP contribution in [0.2, 0.25) is 0 Å². The van der Waals surface area contributed by atoms with E-state index in [9.17, 15) is 18.0 Å². The van der Waals surface area contributed by atoms with E-state index in [1.54, 1.807) is 23.4 Å². The van der Waals surface area contributed by atoms with Crippen molar-refractivity contribution < 1.29 is 18.0 Å². The highest BCUT2D eigenvalue weighted by Crippen LogP contribution is 2.26. The van der Waals surface area contributed by atoms with E-state index in [0.29, 0.717) is 18.9 Å². The topological polar surface area (TPSA) is 113 Å². The molecule has 0 radical (unpaired) electrons. The van der Waals surface area contributed by atoms with Crippen LogP contribution in [0.15, 0.2) is 18.5 Å². The summed E-state index contributed by atoms with van der Waals surface area (Å²) in [5, 5.41) is 3.08. The Morgan fingerprint density at radius 2 is 1.86 bits per heavy atom. The summed E-state index contributed by atoms with van der Waals surface area (Å²) in [5.41, 5.74) is 0. The van der Waals surface area contributed by atoms with Crippen LogP contribution in [-0.4, -0.2) is 78.3 Å². The van der Waals surface area contributed by atoms with Crippen molar-refractivity contribution >= 4 is 27.6 Å². The van der Waals surface area contributed by atoms with E-state index in [-0.39, 0.29) is 41.8 Å². The smallest absolute Gasteiger partial charge is 0.225 e. The van der Waals surface area contributed by atoms with Crippen molar-refractivity contribution in [1.29, 1.82) is 0 Å². The van der Waals surface area contributed by atoms with E-state index in [1.807, 2.05) is 0 Å². The quantitative estimate of drug-likeness (QED) is 0.722. The average molecular weight is 407 g/mol. The molecule has 4 heterocycles. The van der Waals surface area contributed by atoms with Crippen LogP contribution in [0.1, 0.15) is 25.7 Å². The molecule has 10 heteroatoms. The number of hydrogen-bond donors (Lipinski definition) is 1. The zero-order valence-corrected chi connectivity index (χ0v) is 16.5. The first kappa shape index (κ1) is 19.1. The van der Waals surface area contributed by atoms with E-state index < -0.39 is 15.8 Å². The molecule has 4 rings (SSSR count). The third-order valence-corrected chi connectivity index (χ3v) is 7.61. The van der Waals surface area contributed by atoms with Gasteiger partial charge in [0.2, 0.25) is 17.8 Å². The fourth-order valence-electron chi connectivity index (χ4n) is 4.28. The van der Waals surface area contributed by atoms with Crippen LogP contribution in [0.25, 0.3) is 0 Å². The molecule has 9 nitrogen and oxygen atoms in total. The Kier molecular flexibility index (Phi) is 5.22. The summed E-state index contributed by atoms with van der Waals surface area (Å²) in [6.45, 7) is 1.86. The van der Waals surface area contributed by atoms with Gasteiger partial charge in [0.15, 0.2) is 9.84 Å². The molecule has 2 amide bonds. The summed E-state index contributed by atoms with van der Waals surface area (Å²) in [5.74, 6) is 0.237. The summed E-state index contributed by atoms with van der Waals surface area (Å²) in [6.07, 6.45) is 5.68. The second kappa shape index (κ2) is 7.65. The lowest BCUT2D eigenvalue weighted by atomic mass is 10.0. The van der Waals surface area contributed by atoms with Gasteiger partial charge in [-0.3, -0.25) is 9.59 Å². The number of piperidine rings is 1. The fraction of sp³-hybridized carbons (Fsp3) is 0.667. The normalized spacial score (nSPS) is 27.9. The average Bonchev–Trinajstić information content (AvgIpc) is 3.25. The molecule has 3 aliphatic rings. The summed E-state index contributed by atoms with van der Waals surface area (Å²) < 4.78 is 23.4. The Bertz CT molecular complexity index is 839. The van der Waals surface area contributed by atoms with E-state index >= 15 is 0 Å². The molecule has 28 heavy (non-hydrogen) atoms. The van der Waals surface area contributed by atoms with Gasteiger partial charge >= 0.3 is 0 Å². The standard InChI is InChI=1S/C18H25N5O4S/c24-16-10-13(11-23(16)15-4-9-28(26,27)12-15)17(25)21-14-2-7-22(8-3-14)18-19-5-1-6-20-18/h1,5-6,13-15H,2-4,7-12H2,(H,21,25)/t13-,15-/m1/s1. The summed E-state index contributed by atoms with van der Waals surface area (Å²) >= 11 is 0. The molecular weight excluding hydrogens is 382 g/mol. The Balaban J connectivity index is 1.27. The van der Waals surface area contributed by atoms with E-state index in [1.165, 1.54) is 0 Å². The lowest BCUT2D eigenvalue weighted by Gasteiger charge is -2.32. The van der Waals surface area contributed by atoms with Crippen molar-refractivity contribution in [3.63, 3.8) is 0 Å². The van der Waals surface area contributed by atoms with Gasteiger partial charge in [-0.25, -0.2) is 18.4 Å². The highest BCUT2D eigenvalue weighted by molar-refractivity contribution is 7.91. The van der Waals surface area contributed by atoms with Crippen LogP contribution in [0.3, 0.4) is 0 Å². The number of nitrogens with zero attached hydrogens (tertiary/aromatic N) is 4. The number of amides is 2. The first-order valence-corrected chi connectivity index (χ1v) is 11.6. The molecule has 0 aliphatic carbocycles. The number of likely N-dealkylation sites (tertiary alicyclic amines) is 1. The number of aromatic nitrogens is 2. The SMILES string of the molecule is O=C(NC1CCN(c2ncccn2)CC1)[C@@H]1CC(=O)N([C@@H]2CCS(=O)(=O)C2)C1. The number of hydrogen-bond acceptors (Lipinski definition) is 7. The Morgan fingerprint density at radius 3 is 2.50 bits per heavy atom. The van der Waals surface area contributed by atoms with Gasteiger partial charge in [-0.2, -0.15) is 0 Å². The highest BCUT2D eigenvalue weighted by atomic mass is 32.2. The van der Waals surface area contributed by atoms with E-state index in [2.05, 4.69) is 20.2 Å². The monoisotopic (exact) mass is 407 g/mol. The van der Waals surface area contributed by atoms with Crippen molar-refractivity contribution in [3.8, 4) is 0 Å². The van der Waals surface area contributed by atoms with Crippen LogP contribution in [0, 0.1) is 5.92 Å². The number of sulfone groups is 1. The third-order valence-electron chi connectivity index (χ3n) is 5.85. The molecule has 3 saturated heterocycles. The minimum Gasteiger partial charge on any atom is -0.353 e. The number of anilines is 1. The molecule has 1 aromatic heterocycles. The van der Waals surface area contributed by atoms with Crippen LogP contribution < -0.4 is 10.2 Å². The summed E-state index contributed by atoms with van der Waals surface area (Å²) in [7, 11) is -3.05. The molecule has 2 atom stereocenters. The highest BCUT2D eigenvalue weighted by Gasteiger charge is 2.42. The van der Waals surface area contributed by atoms with Crippen LogP contribution in [0.5, 0.6) is 0 Å². The molecule has 0 aromatic carbocycles. The zero-order valence-electron chi connectivity index (χ0n) is 15.7. The van der Waals surface area contributed by atoms with Crippen molar-refractivity contribution in [2.75, 3.05) is 36.0 Å². The van der Waals surface area contributed by atoms with Gasteiger partial charge in [0.1, 0.15) is 0 Å². The second-order valence-electron chi connectivity index (χ2n) is 7.82. The molecule has 152 valence electrons. The first-order valence-electron chi connectivity index (χ1n) is 9.73. The van der Waals surface area contributed by atoms with Crippen molar-refractivity contribution in [2.24, 2.45) is 5.92 Å². The molecule has 1 aromatic rings. The molecular formula is C18H25N5O4S. The molecule has 3 fully saturated rings. The summed E-state index contributed by atoms with van der Waals surface area (Å²) in [6, 6.07) is 1.58.